The Kier molecular flexibility index (Phi) is 11.2. The Balaban J connectivity index is 0.00000385. The molecule has 3 aromatic carbocycles. The highest BCUT2D eigenvalue weighted by Gasteiger charge is 2.20. The van der Waals surface area contributed by atoms with Crippen molar-refractivity contribution in [2.24, 2.45) is 0 Å². The highest BCUT2D eigenvalue weighted by Crippen LogP contribution is 2.37. The van der Waals surface area contributed by atoms with Crippen molar-refractivity contribution in [1.82, 2.24) is 0 Å². The molecule has 3 rings (SSSR count). The number of ether oxygens (including phenoxy) is 1. The maximum Gasteiger partial charge on any atom is 0.339 e. The second-order valence-corrected chi connectivity index (χ2v) is 9.51. The summed E-state index contributed by atoms with van der Waals surface area (Å²) in [4.78, 5) is 0.130. The van der Waals surface area contributed by atoms with Crippen molar-refractivity contribution in [2.75, 3.05) is 6.61 Å². The Morgan fingerprint density at radius 1 is 0.697 bits per heavy atom. The molecule has 0 unspecified atom stereocenters. The molecule has 0 aliphatic rings. The molecule has 0 aromatic heterocycles. The van der Waals surface area contributed by atoms with Crippen molar-refractivity contribution in [3.63, 3.8) is 0 Å². The minimum absolute atomic E-state index is 0. The number of unbranched alkanes of at least 4 members (excludes halogenated alkanes) is 5. The van der Waals surface area contributed by atoms with E-state index < -0.39 is 10.1 Å². The highest BCUT2D eigenvalue weighted by molar-refractivity contribution is 14.0. The van der Waals surface area contributed by atoms with Gasteiger partial charge in [-0.05, 0) is 37.6 Å². The van der Waals surface area contributed by atoms with Crippen LogP contribution in [0.3, 0.4) is 0 Å². The molecule has 0 bridgehead atoms. The lowest BCUT2D eigenvalue weighted by molar-refractivity contribution is 0.305. The Hall–Kier alpha value is -2.06. The van der Waals surface area contributed by atoms with E-state index >= 15 is 0 Å². The van der Waals surface area contributed by atoms with E-state index in [2.05, 4.69) is 6.92 Å². The molecule has 3 aromatic rings. The lowest BCUT2D eigenvalue weighted by Crippen LogP contribution is -2.10. The number of aryl methyl sites for hydroxylation is 1. The summed E-state index contributed by atoms with van der Waals surface area (Å²) in [6, 6.07) is 21.5. The van der Waals surface area contributed by atoms with Crippen LogP contribution >= 0.6 is 24.0 Å². The van der Waals surface area contributed by atoms with Crippen molar-refractivity contribution in [3.8, 4) is 22.6 Å². The molecule has 0 spiro atoms. The van der Waals surface area contributed by atoms with Gasteiger partial charge in [-0.25, -0.2) is 0 Å². The highest BCUT2D eigenvalue weighted by atomic mass is 127. The third kappa shape index (κ3) is 8.03. The van der Waals surface area contributed by atoms with E-state index in [-0.39, 0.29) is 34.6 Å². The van der Waals surface area contributed by atoms with Crippen LogP contribution in [0, 0.1) is 6.92 Å². The molecule has 178 valence electrons. The fraction of sp³-hybridized carbons (Fsp3) is 0.333. The van der Waals surface area contributed by atoms with Gasteiger partial charge in [0.25, 0.3) is 0 Å². The normalized spacial score (nSPS) is 11.0. The molecular weight excluding hydrogens is 547 g/mol. The van der Waals surface area contributed by atoms with Gasteiger partial charge in [0.1, 0.15) is 10.6 Å². The number of benzene rings is 3. The predicted molar refractivity (Wildman–Crippen MR) is 145 cm³/mol. The molecule has 0 heterocycles. The monoisotopic (exact) mass is 580 g/mol. The van der Waals surface area contributed by atoms with E-state index in [1.54, 1.807) is 36.4 Å². The third-order valence-corrected chi connectivity index (χ3v) is 6.58. The van der Waals surface area contributed by atoms with E-state index in [1.165, 1.54) is 25.7 Å². The molecular formula is C27H33IO4S. The van der Waals surface area contributed by atoms with E-state index in [4.69, 9.17) is 8.92 Å². The van der Waals surface area contributed by atoms with Gasteiger partial charge in [-0.15, -0.1) is 24.0 Å². The zero-order valence-electron chi connectivity index (χ0n) is 19.3. The Labute approximate surface area is 215 Å². The molecule has 4 nitrogen and oxygen atoms in total. The van der Waals surface area contributed by atoms with Crippen LogP contribution in [0.15, 0.2) is 77.7 Å². The minimum Gasteiger partial charge on any atom is -0.493 e. The molecule has 0 fully saturated rings. The molecule has 6 heteroatoms. The summed E-state index contributed by atoms with van der Waals surface area (Å²) < 4.78 is 37.3. The molecule has 0 saturated heterocycles. The van der Waals surface area contributed by atoms with Gasteiger partial charge in [0.2, 0.25) is 0 Å². The van der Waals surface area contributed by atoms with Crippen LogP contribution < -0.4 is 8.92 Å². The number of para-hydroxylation sites is 2. The van der Waals surface area contributed by atoms with E-state index in [0.29, 0.717) is 12.2 Å². The quantitative estimate of drug-likeness (QED) is 0.125. The molecule has 0 N–H and O–H groups in total. The molecule has 0 aliphatic heterocycles. The molecule has 0 saturated carbocycles. The first-order valence-corrected chi connectivity index (χ1v) is 12.7. The van der Waals surface area contributed by atoms with Gasteiger partial charge < -0.3 is 8.92 Å². The zero-order valence-corrected chi connectivity index (χ0v) is 22.5. The summed E-state index contributed by atoms with van der Waals surface area (Å²) in [6.07, 6.45) is 7.17. The molecule has 0 aliphatic carbocycles. The van der Waals surface area contributed by atoms with Crippen LogP contribution in [-0.2, 0) is 10.1 Å². The second-order valence-electron chi connectivity index (χ2n) is 7.96. The van der Waals surface area contributed by atoms with Crippen LogP contribution in [0.4, 0.5) is 0 Å². The van der Waals surface area contributed by atoms with Crippen molar-refractivity contribution >= 4 is 34.1 Å². The number of halogens is 1. The van der Waals surface area contributed by atoms with Crippen molar-refractivity contribution in [3.05, 3.63) is 78.4 Å². The van der Waals surface area contributed by atoms with Gasteiger partial charge in [0.15, 0.2) is 5.75 Å². The average molecular weight is 581 g/mol. The van der Waals surface area contributed by atoms with Crippen LogP contribution in [-0.4, -0.2) is 15.0 Å². The van der Waals surface area contributed by atoms with Crippen molar-refractivity contribution in [2.45, 2.75) is 57.3 Å². The van der Waals surface area contributed by atoms with Crippen LogP contribution in [0.25, 0.3) is 11.1 Å². The summed E-state index contributed by atoms with van der Waals surface area (Å²) in [7, 11) is -3.95. The summed E-state index contributed by atoms with van der Waals surface area (Å²) in [5.74, 6) is 1.01. The first-order chi connectivity index (χ1) is 15.5. The summed E-state index contributed by atoms with van der Waals surface area (Å²) in [5, 5.41) is 0. The van der Waals surface area contributed by atoms with E-state index in [1.807, 2.05) is 43.3 Å². The third-order valence-electron chi connectivity index (χ3n) is 5.33. The van der Waals surface area contributed by atoms with Gasteiger partial charge in [-0.2, -0.15) is 8.42 Å². The van der Waals surface area contributed by atoms with Crippen molar-refractivity contribution < 1.29 is 17.3 Å². The van der Waals surface area contributed by atoms with Crippen LogP contribution in [0.5, 0.6) is 11.5 Å². The van der Waals surface area contributed by atoms with Crippen LogP contribution in [0.2, 0.25) is 0 Å². The number of rotatable bonds is 12. The van der Waals surface area contributed by atoms with Gasteiger partial charge >= 0.3 is 10.1 Å². The molecule has 0 atom stereocenters. The summed E-state index contributed by atoms with van der Waals surface area (Å²) >= 11 is 0. The molecule has 0 radical (unpaired) electrons. The fourth-order valence-electron chi connectivity index (χ4n) is 3.51. The number of hydrogen-bond acceptors (Lipinski definition) is 4. The first kappa shape index (κ1) is 27.2. The molecule has 33 heavy (non-hydrogen) atoms. The standard InChI is InChI=1S/C27H32O4S.HI/c1-3-4-5-6-7-12-21-30-26-15-10-8-13-24(26)25-14-9-11-16-27(25)31-32(28,29)23-19-17-22(2)18-20-23;/h8-11,13-20H,3-7,12,21H2,1-2H3;1H. The lowest BCUT2D eigenvalue weighted by atomic mass is 10.0. The minimum atomic E-state index is -3.95. The largest absolute Gasteiger partial charge is 0.493 e. The Bertz CT molecular complexity index is 1100. The van der Waals surface area contributed by atoms with Gasteiger partial charge in [-0.3, -0.25) is 0 Å². The van der Waals surface area contributed by atoms with Crippen molar-refractivity contribution in [1.29, 1.82) is 0 Å². The second kappa shape index (κ2) is 13.6. The summed E-state index contributed by atoms with van der Waals surface area (Å²) in [5.41, 5.74) is 2.48. The lowest BCUT2D eigenvalue weighted by Gasteiger charge is -2.15. The van der Waals surface area contributed by atoms with Gasteiger partial charge in [0.05, 0.1) is 6.61 Å². The Morgan fingerprint density at radius 3 is 1.91 bits per heavy atom. The first-order valence-electron chi connectivity index (χ1n) is 11.3. The smallest absolute Gasteiger partial charge is 0.339 e. The molecule has 0 amide bonds. The topological polar surface area (TPSA) is 52.6 Å². The van der Waals surface area contributed by atoms with Gasteiger partial charge in [0, 0.05) is 11.1 Å². The zero-order chi connectivity index (χ0) is 22.8. The SMILES string of the molecule is CCCCCCCCOc1ccccc1-c1ccccc1OS(=O)(=O)c1ccc(C)cc1.I. The average Bonchev–Trinajstić information content (AvgIpc) is 2.79. The summed E-state index contributed by atoms with van der Waals surface area (Å²) in [6.45, 7) is 4.76. The van der Waals surface area contributed by atoms with E-state index in [0.717, 1.165) is 29.7 Å². The van der Waals surface area contributed by atoms with Crippen LogP contribution in [0.1, 0.15) is 51.0 Å². The maximum absolute atomic E-state index is 12.8. The fourth-order valence-corrected chi connectivity index (χ4v) is 4.46. The number of hydrogen-bond donors (Lipinski definition) is 0. The predicted octanol–water partition coefficient (Wildman–Crippen LogP) is 7.79. The Morgan fingerprint density at radius 2 is 1.24 bits per heavy atom. The maximum atomic E-state index is 12.8. The van der Waals surface area contributed by atoms with E-state index in [9.17, 15) is 8.42 Å². The van der Waals surface area contributed by atoms with Gasteiger partial charge in [-0.1, -0.05) is 93.1 Å².